The number of nitrogens with one attached hydrogen (secondary N) is 1. The standard InChI is InChI=1S/C15H21NO2/c17-15(18)13-7-9-14(10-8-13)16-11-3-6-12-4-1-2-5-12/h7-10,12,16H,1-6,11H2,(H,17,18). The van der Waals surface area contributed by atoms with Gasteiger partial charge in [0.25, 0.3) is 0 Å². The normalized spacial score (nSPS) is 15.8. The monoisotopic (exact) mass is 247 g/mol. The Morgan fingerprint density at radius 1 is 1.22 bits per heavy atom. The molecular formula is C15H21NO2. The minimum Gasteiger partial charge on any atom is -0.478 e. The lowest BCUT2D eigenvalue weighted by molar-refractivity contribution is 0.0697. The van der Waals surface area contributed by atoms with Crippen molar-refractivity contribution in [1.29, 1.82) is 0 Å². The molecule has 3 nitrogen and oxygen atoms in total. The van der Waals surface area contributed by atoms with E-state index >= 15 is 0 Å². The fourth-order valence-electron chi connectivity index (χ4n) is 2.65. The van der Waals surface area contributed by atoms with Crippen molar-refractivity contribution in [3.05, 3.63) is 29.8 Å². The Morgan fingerprint density at radius 3 is 2.50 bits per heavy atom. The van der Waals surface area contributed by atoms with Gasteiger partial charge in [-0.1, -0.05) is 25.7 Å². The number of hydrogen-bond donors (Lipinski definition) is 2. The van der Waals surface area contributed by atoms with Crippen LogP contribution in [0.1, 0.15) is 48.9 Å². The Hall–Kier alpha value is -1.51. The lowest BCUT2D eigenvalue weighted by Gasteiger charge is -2.10. The van der Waals surface area contributed by atoms with E-state index in [0.29, 0.717) is 5.56 Å². The number of carbonyl (C=O) groups is 1. The molecule has 0 aliphatic heterocycles. The van der Waals surface area contributed by atoms with E-state index in [9.17, 15) is 4.79 Å². The summed E-state index contributed by atoms with van der Waals surface area (Å²) in [5.41, 5.74) is 1.35. The lowest BCUT2D eigenvalue weighted by Crippen LogP contribution is -2.04. The van der Waals surface area contributed by atoms with Crippen LogP contribution < -0.4 is 5.32 Å². The number of rotatable bonds is 6. The molecule has 1 saturated carbocycles. The zero-order chi connectivity index (χ0) is 12.8. The minimum absolute atomic E-state index is 0.339. The van der Waals surface area contributed by atoms with Crippen molar-refractivity contribution in [2.24, 2.45) is 5.92 Å². The molecule has 0 unspecified atom stereocenters. The van der Waals surface area contributed by atoms with Gasteiger partial charge in [-0.2, -0.15) is 0 Å². The van der Waals surface area contributed by atoms with Crippen molar-refractivity contribution < 1.29 is 9.90 Å². The molecule has 1 aromatic carbocycles. The summed E-state index contributed by atoms with van der Waals surface area (Å²) in [7, 11) is 0. The highest BCUT2D eigenvalue weighted by atomic mass is 16.4. The summed E-state index contributed by atoms with van der Waals surface area (Å²) in [6.07, 6.45) is 8.16. The minimum atomic E-state index is -0.872. The average molecular weight is 247 g/mol. The summed E-state index contributed by atoms with van der Waals surface area (Å²) in [4.78, 5) is 10.7. The van der Waals surface area contributed by atoms with Gasteiger partial charge in [0.2, 0.25) is 0 Å². The van der Waals surface area contributed by atoms with E-state index in [1.807, 2.05) is 12.1 Å². The highest BCUT2D eigenvalue weighted by molar-refractivity contribution is 5.87. The number of anilines is 1. The molecule has 1 aliphatic carbocycles. The lowest BCUT2D eigenvalue weighted by atomic mass is 10.0. The highest BCUT2D eigenvalue weighted by Gasteiger charge is 2.13. The van der Waals surface area contributed by atoms with E-state index in [1.54, 1.807) is 12.1 Å². The van der Waals surface area contributed by atoms with E-state index in [4.69, 9.17) is 5.11 Å². The molecular weight excluding hydrogens is 226 g/mol. The first-order chi connectivity index (χ1) is 8.75. The van der Waals surface area contributed by atoms with Crippen LogP contribution in [0.2, 0.25) is 0 Å². The first kappa shape index (κ1) is 12.9. The second-order valence-corrected chi connectivity index (χ2v) is 5.10. The van der Waals surface area contributed by atoms with Crippen molar-refractivity contribution in [2.45, 2.75) is 38.5 Å². The Labute approximate surface area is 108 Å². The Morgan fingerprint density at radius 2 is 1.89 bits per heavy atom. The smallest absolute Gasteiger partial charge is 0.335 e. The van der Waals surface area contributed by atoms with Crippen molar-refractivity contribution in [3.8, 4) is 0 Å². The van der Waals surface area contributed by atoms with Gasteiger partial charge >= 0.3 is 5.97 Å². The van der Waals surface area contributed by atoms with Crippen molar-refractivity contribution >= 4 is 11.7 Å². The van der Waals surface area contributed by atoms with Gasteiger partial charge < -0.3 is 10.4 Å². The fourth-order valence-corrected chi connectivity index (χ4v) is 2.65. The highest BCUT2D eigenvalue weighted by Crippen LogP contribution is 2.28. The van der Waals surface area contributed by atoms with Crippen LogP contribution in [0.5, 0.6) is 0 Å². The summed E-state index contributed by atoms with van der Waals surface area (Å²) < 4.78 is 0. The van der Waals surface area contributed by atoms with Crippen molar-refractivity contribution in [1.82, 2.24) is 0 Å². The predicted octanol–water partition coefficient (Wildman–Crippen LogP) is 3.77. The van der Waals surface area contributed by atoms with Crippen LogP contribution in [0.15, 0.2) is 24.3 Å². The Kier molecular flexibility index (Phi) is 4.62. The molecule has 0 amide bonds. The third kappa shape index (κ3) is 3.76. The molecule has 18 heavy (non-hydrogen) atoms. The number of hydrogen-bond acceptors (Lipinski definition) is 2. The van der Waals surface area contributed by atoms with Crippen LogP contribution in [0.3, 0.4) is 0 Å². The van der Waals surface area contributed by atoms with Crippen LogP contribution in [0, 0.1) is 5.92 Å². The third-order valence-electron chi connectivity index (χ3n) is 3.72. The molecule has 98 valence electrons. The number of carboxylic acids is 1. The SMILES string of the molecule is O=C(O)c1ccc(NCCCC2CCCC2)cc1. The van der Waals surface area contributed by atoms with Gasteiger partial charge in [0.05, 0.1) is 5.56 Å². The molecule has 0 saturated heterocycles. The number of carboxylic acid groups (broad SMARTS) is 1. The van der Waals surface area contributed by atoms with Gasteiger partial charge in [-0.3, -0.25) is 0 Å². The first-order valence-corrected chi connectivity index (χ1v) is 6.83. The maximum absolute atomic E-state index is 10.7. The summed E-state index contributed by atoms with van der Waals surface area (Å²) in [5.74, 6) is 0.0731. The first-order valence-electron chi connectivity index (χ1n) is 6.83. The van der Waals surface area contributed by atoms with Crippen LogP contribution in [0.25, 0.3) is 0 Å². The molecule has 0 heterocycles. The summed E-state index contributed by atoms with van der Waals surface area (Å²) in [6, 6.07) is 6.95. The molecule has 0 atom stereocenters. The van der Waals surface area contributed by atoms with Crippen LogP contribution >= 0.6 is 0 Å². The molecule has 1 aromatic rings. The van der Waals surface area contributed by atoms with Gasteiger partial charge in [-0.15, -0.1) is 0 Å². The van der Waals surface area contributed by atoms with Gasteiger partial charge in [0.1, 0.15) is 0 Å². The molecule has 2 N–H and O–H groups in total. The maximum atomic E-state index is 10.7. The van der Waals surface area contributed by atoms with Gasteiger partial charge in [0.15, 0.2) is 0 Å². The predicted molar refractivity (Wildman–Crippen MR) is 73.1 cm³/mol. The van der Waals surface area contributed by atoms with E-state index < -0.39 is 5.97 Å². The van der Waals surface area contributed by atoms with Crippen LogP contribution in [0.4, 0.5) is 5.69 Å². The molecule has 1 fully saturated rings. The molecule has 3 heteroatoms. The van der Waals surface area contributed by atoms with Crippen molar-refractivity contribution in [2.75, 3.05) is 11.9 Å². The van der Waals surface area contributed by atoms with E-state index in [1.165, 1.54) is 38.5 Å². The molecule has 0 radical (unpaired) electrons. The number of benzene rings is 1. The zero-order valence-electron chi connectivity index (χ0n) is 10.7. The summed E-state index contributed by atoms with van der Waals surface area (Å²) >= 11 is 0. The van der Waals surface area contributed by atoms with E-state index in [-0.39, 0.29) is 0 Å². The second-order valence-electron chi connectivity index (χ2n) is 5.10. The quantitative estimate of drug-likeness (QED) is 0.752. The maximum Gasteiger partial charge on any atom is 0.335 e. The zero-order valence-corrected chi connectivity index (χ0v) is 10.7. The number of aromatic carboxylic acids is 1. The molecule has 0 aromatic heterocycles. The molecule has 2 rings (SSSR count). The van der Waals surface area contributed by atoms with Gasteiger partial charge in [0, 0.05) is 12.2 Å². The van der Waals surface area contributed by atoms with E-state index in [2.05, 4.69) is 5.32 Å². The second kappa shape index (κ2) is 6.43. The Bertz CT molecular complexity index is 380. The largest absolute Gasteiger partial charge is 0.478 e. The average Bonchev–Trinajstić information content (AvgIpc) is 2.88. The van der Waals surface area contributed by atoms with Gasteiger partial charge in [-0.05, 0) is 43.0 Å². The summed E-state index contributed by atoms with van der Waals surface area (Å²) in [6.45, 7) is 0.975. The van der Waals surface area contributed by atoms with Crippen molar-refractivity contribution in [3.63, 3.8) is 0 Å². The molecule has 1 aliphatic rings. The molecule has 0 bridgehead atoms. The molecule has 0 spiro atoms. The van der Waals surface area contributed by atoms with Crippen LogP contribution in [-0.2, 0) is 0 Å². The van der Waals surface area contributed by atoms with Crippen LogP contribution in [-0.4, -0.2) is 17.6 Å². The fraction of sp³-hybridized carbons (Fsp3) is 0.533. The summed E-state index contributed by atoms with van der Waals surface area (Å²) in [5, 5.41) is 12.1. The van der Waals surface area contributed by atoms with E-state index in [0.717, 1.165) is 18.2 Å². The third-order valence-corrected chi connectivity index (χ3v) is 3.72. The topological polar surface area (TPSA) is 49.3 Å². The Balaban J connectivity index is 1.68. The van der Waals surface area contributed by atoms with Gasteiger partial charge in [-0.25, -0.2) is 4.79 Å².